The number of rotatable bonds is 1. The number of hydrogen-bond acceptors (Lipinski definition) is 1. The molecule has 10 heavy (non-hydrogen) atoms. The summed E-state index contributed by atoms with van der Waals surface area (Å²) in [5, 5.41) is 0. The smallest absolute Gasteiger partial charge is 0.291 e. The highest BCUT2D eigenvalue weighted by molar-refractivity contribution is 6.35. The van der Waals surface area contributed by atoms with E-state index in [1.807, 2.05) is 0 Å². The molecule has 0 saturated heterocycles. The normalized spacial score (nSPS) is 17.1. The first-order chi connectivity index (χ1) is 4.55. The Labute approximate surface area is 54.1 Å². The van der Waals surface area contributed by atoms with Crippen LogP contribution in [0.3, 0.4) is 0 Å². The number of nitrogens with one attached hydrogen (secondary N) is 1. The van der Waals surface area contributed by atoms with Crippen molar-refractivity contribution in [2.45, 2.75) is 6.18 Å². The Morgan fingerprint density at radius 3 is 2.20 bits per heavy atom. The molecule has 0 bridgehead atoms. The number of carbonyl (C=O) groups excluding carboxylic acids is 1. The summed E-state index contributed by atoms with van der Waals surface area (Å²) in [5.41, 5.74) is -1.28. The maximum Gasteiger partial charge on any atom is 0.428 e. The van der Waals surface area contributed by atoms with Crippen molar-refractivity contribution < 1.29 is 23.0 Å². The third-order valence-corrected chi connectivity index (χ3v) is 1.09. The van der Waals surface area contributed by atoms with E-state index in [1.54, 1.807) is 0 Å². The average Bonchev–Trinajstić information content (AvgIpc) is 1.57. The van der Waals surface area contributed by atoms with Gasteiger partial charge in [0, 0.05) is 0 Å². The monoisotopic (exact) mass is 150 g/mol. The van der Waals surface area contributed by atoms with Crippen LogP contribution in [0.1, 0.15) is 0 Å². The Kier molecular flexibility index (Phi) is 1.35. The van der Waals surface area contributed by atoms with Crippen LogP contribution in [0.15, 0.2) is 11.8 Å². The second-order valence-electron chi connectivity index (χ2n) is 1.73. The number of allylic oxidation sites excluding steroid dienone is 1. The minimum Gasteiger partial charge on any atom is -0.291 e. The fourth-order valence-corrected chi connectivity index (χ4v) is 0.560. The van der Waals surface area contributed by atoms with E-state index in [2.05, 4.69) is 4.99 Å². The number of halogens is 3. The Morgan fingerprint density at radius 2 is 2.10 bits per heavy atom. The first kappa shape index (κ1) is 6.98. The third-order valence-electron chi connectivity index (χ3n) is 1.09. The van der Waals surface area contributed by atoms with E-state index in [0.717, 1.165) is 6.20 Å². The van der Waals surface area contributed by atoms with Gasteiger partial charge < -0.3 is 0 Å². The van der Waals surface area contributed by atoms with E-state index in [4.69, 9.17) is 0 Å². The molecule has 0 spiro atoms. The van der Waals surface area contributed by atoms with Gasteiger partial charge in [-0.15, -0.1) is 0 Å². The Morgan fingerprint density at radius 1 is 1.50 bits per heavy atom. The highest BCUT2D eigenvalue weighted by Gasteiger charge is 2.45. The van der Waals surface area contributed by atoms with Gasteiger partial charge in [-0.05, 0) is 0 Å². The summed E-state index contributed by atoms with van der Waals surface area (Å²) < 4.78 is 34.9. The van der Waals surface area contributed by atoms with Crippen LogP contribution < -0.4 is 4.99 Å². The molecular formula is C5H3F3NO+. The van der Waals surface area contributed by atoms with Crippen molar-refractivity contribution in [3.05, 3.63) is 11.8 Å². The quantitative estimate of drug-likeness (QED) is 0.486. The van der Waals surface area contributed by atoms with Gasteiger partial charge in [0.25, 0.3) is 5.71 Å². The average molecular weight is 150 g/mol. The lowest BCUT2D eigenvalue weighted by molar-refractivity contribution is -0.390. The molecule has 0 atom stereocenters. The lowest BCUT2D eigenvalue weighted by Gasteiger charge is -2.07. The van der Waals surface area contributed by atoms with Gasteiger partial charge in [0.15, 0.2) is 11.8 Å². The highest BCUT2D eigenvalue weighted by Crippen LogP contribution is 2.25. The van der Waals surface area contributed by atoms with Gasteiger partial charge in [-0.25, -0.2) is 4.99 Å². The van der Waals surface area contributed by atoms with Crippen molar-refractivity contribution in [2.24, 2.45) is 0 Å². The first-order valence-electron chi connectivity index (χ1n) is 2.42. The van der Waals surface area contributed by atoms with E-state index < -0.39 is 17.5 Å². The Hall–Kier alpha value is -1.13. The maximum absolute atomic E-state index is 11.6. The standard InChI is InChI=1S/C5H2F3NO/c6-5(7,8)3-1-9-4(3)2-10/h1-2H/p+1. The van der Waals surface area contributed by atoms with Crippen LogP contribution in [0.2, 0.25) is 0 Å². The van der Waals surface area contributed by atoms with Crippen LogP contribution >= 0.6 is 0 Å². The Balaban J connectivity index is 2.72. The van der Waals surface area contributed by atoms with Crippen LogP contribution in [0, 0.1) is 0 Å². The van der Waals surface area contributed by atoms with Gasteiger partial charge >= 0.3 is 6.18 Å². The number of alkyl halides is 3. The van der Waals surface area contributed by atoms with Crippen LogP contribution in [-0.2, 0) is 4.79 Å². The van der Waals surface area contributed by atoms with Crippen molar-refractivity contribution in [3.63, 3.8) is 0 Å². The molecule has 1 aliphatic rings. The highest BCUT2D eigenvalue weighted by atomic mass is 19.4. The summed E-state index contributed by atoms with van der Waals surface area (Å²) in [6, 6.07) is 0. The van der Waals surface area contributed by atoms with Crippen molar-refractivity contribution in [1.29, 1.82) is 0 Å². The summed E-state index contributed by atoms with van der Waals surface area (Å²) in [6.45, 7) is 0. The molecule has 1 aliphatic heterocycles. The molecule has 0 aliphatic carbocycles. The summed E-state index contributed by atoms with van der Waals surface area (Å²) in [6.07, 6.45) is -3.51. The summed E-state index contributed by atoms with van der Waals surface area (Å²) in [4.78, 5) is 11.9. The zero-order chi connectivity index (χ0) is 7.78. The van der Waals surface area contributed by atoms with E-state index in [-0.39, 0.29) is 6.29 Å². The molecule has 1 rings (SSSR count). The molecule has 0 saturated carbocycles. The second-order valence-corrected chi connectivity index (χ2v) is 1.73. The number of hydrogen-bond donors (Lipinski definition) is 1. The number of carbonyl (C=O) groups is 1. The largest absolute Gasteiger partial charge is 0.428 e. The predicted octanol–water partition coefficient (Wildman–Crippen LogP) is -0.833. The van der Waals surface area contributed by atoms with E-state index >= 15 is 0 Å². The minimum absolute atomic E-state index is 0.142. The lowest BCUT2D eigenvalue weighted by Crippen LogP contribution is -2.75. The molecule has 0 radical (unpaired) electrons. The van der Waals surface area contributed by atoms with Gasteiger partial charge in [0.05, 0.1) is 0 Å². The maximum atomic E-state index is 11.6. The SMILES string of the molecule is O=CC1=[NH+]C=C1C(F)(F)F. The molecule has 1 N–H and O–H groups in total. The van der Waals surface area contributed by atoms with Crippen molar-refractivity contribution in [1.82, 2.24) is 0 Å². The van der Waals surface area contributed by atoms with Gasteiger partial charge in [-0.3, -0.25) is 4.79 Å². The molecule has 2 nitrogen and oxygen atoms in total. The lowest BCUT2D eigenvalue weighted by atomic mass is 10.1. The molecule has 1 heterocycles. The van der Waals surface area contributed by atoms with Gasteiger partial charge in [-0.2, -0.15) is 13.2 Å². The van der Waals surface area contributed by atoms with Crippen LogP contribution in [0.4, 0.5) is 13.2 Å². The molecular weight excluding hydrogens is 147 g/mol. The molecule has 0 unspecified atom stereocenters. The van der Waals surface area contributed by atoms with Crippen molar-refractivity contribution in [2.75, 3.05) is 0 Å². The van der Waals surface area contributed by atoms with Crippen LogP contribution in [0.5, 0.6) is 0 Å². The fourth-order valence-electron chi connectivity index (χ4n) is 0.560. The molecule has 0 aromatic heterocycles. The Bertz CT molecular complexity index is 226. The predicted molar refractivity (Wildman–Crippen MR) is 26.2 cm³/mol. The molecule has 0 fully saturated rings. The minimum atomic E-state index is -4.40. The zero-order valence-corrected chi connectivity index (χ0v) is 4.70. The molecule has 5 heteroatoms. The van der Waals surface area contributed by atoms with E-state index in [1.165, 1.54) is 0 Å². The topological polar surface area (TPSA) is 31.0 Å². The first-order valence-corrected chi connectivity index (χ1v) is 2.42. The van der Waals surface area contributed by atoms with Crippen molar-refractivity contribution in [3.8, 4) is 0 Å². The summed E-state index contributed by atoms with van der Waals surface area (Å²) in [5.74, 6) is 0. The summed E-state index contributed by atoms with van der Waals surface area (Å²) >= 11 is 0. The second kappa shape index (κ2) is 1.93. The molecule has 0 amide bonds. The third kappa shape index (κ3) is 0.940. The van der Waals surface area contributed by atoms with Crippen LogP contribution in [-0.4, -0.2) is 18.2 Å². The van der Waals surface area contributed by atoms with Crippen molar-refractivity contribution >= 4 is 12.0 Å². The number of aldehydes is 1. The van der Waals surface area contributed by atoms with Gasteiger partial charge in [0.2, 0.25) is 6.29 Å². The van der Waals surface area contributed by atoms with Gasteiger partial charge in [0.1, 0.15) is 0 Å². The molecule has 54 valence electrons. The molecule has 0 aromatic carbocycles. The van der Waals surface area contributed by atoms with Gasteiger partial charge in [-0.1, -0.05) is 0 Å². The fraction of sp³-hybridized carbons (Fsp3) is 0.200. The van der Waals surface area contributed by atoms with Crippen LogP contribution in [0.25, 0.3) is 0 Å². The molecule has 0 aromatic rings. The summed E-state index contributed by atoms with van der Waals surface area (Å²) in [7, 11) is 0. The zero-order valence-electron chi connectivity index (χ0n) is 4.70. The van der Waals surface area contributed by atoms with E-state index in [9.17, 15) is 18.0 Å². The van der Waals surface area contributed by atoms with E-state index in [0.29, 0.717) is 0 Å².